The highest BCUT2D eigenvalue weighted by molar-refractivity contribution is 7.15. The number of nitrogens with zero attached hydrogens (tertiary/aromatic N) is 3. The summed E-state index contributed by atoms with van der Waals surface area (Å²) in [6.07, 6.45) is -3.11. The van der Waals surface area contributed by atoms with E-state index in [0.717, 1.165) is 0 Å². The Labute approximate surface area is 105 Å². The molecule has 9 heteroatoms. The molecule has 1 aromatic rings. The van der Waals surface area contributed by atoms with Crippen LogP contribution in [0.4, 0.5) is 18.3 Å². The van der Waals surface area contributed by atoms with Gasteiger partial charge in [0.1, 0.15) is 0 Å². The number of hydrogen-bond donors (Lipinski definition) is 2. The van der Waals surface area contributed by atoms with Crippen LogP contribution in [0.5, 0.6) is 0 Å². The second-order valence-electron chi connectivity index (χ2n) is 4.10. The molecule has 0 aromatic carbocycles. The molecule has 2 rings (SSSR count). The van der Waals surface area contributed by atoms with Crippen molar-refractivity contribution in [3.63, 3.8) is 0 Å². The van der Waals surface area contributed by atoms with E-state index in [9.17, 15) is 13.2 Å². The van der Waals surface area contributed by atoms with Crippen LogP contribution in [0.15, 0.2) is 0 Å². The molecule has 2 heterocycles. The van der Waals surface area contributed by atoms with Crippen LogP contribution in [-0.4, -0.2) is 29.1 Å². The maximum absolute atomic E-state index is 12.4. The SMILES string of the molecule is N=C(N)C1CCN(c2nnc(C(F)(F)F)s2)CC1. The van der Waals surface area contributed by atoms with E-state index in [1.165, 1.54) is 0 Å². The fourth-order valence-corrected chi connectivity index (χ4v) is 2.60. The lowest BCUT2D eigenvalue weighted by Gasteiger charge is -2.30. The van der Waals surface area contributed by atoms with Crippen molar-refractivity contribution in [2.75, 3.05) is 18.0 Å². The van der Waals surface area contributed by atoms with E-state index in [0.29, 0.717) is 37.3 Å². The Morgan fingerprint density at radius 2 is 1.94 bits per heavy atom. The van der Waals surface area contributed by atoms with Gasteiger partial charge in [-0.1, -0.05) is 11.3 Å². The molecule has 0 atom stereocenters. The summed E-state index contributed by atoms with van der Waals surface area (Å²) >= 11 is 0.550. The van der Waals surface area contributed by atoms with Crippen molar-refractivity contribution in [1.29, 1.82) is 5.41 Å². The zero-order valence-electron chi connectivity index (χ0n) is 9.37. The second kappa shape index (κ2) is 4.71. The Balaban J connectivity index is 2.02. The van der Waals surface area contributed by atoms with Crippen LogP contribution in [-0.2, 0) is 6.18 Å². The summed E-state index contributed by atoms with van der Waals surface area (Å²) in [5, 5.41) is 13.4. The molecule has 3 N–H and O–H groups in total. The summed E-state index contributed by atoms with van der Waals surface area (Å²) < 4.78 is 37.1. The number of anilines is 1. The molecule has 0 amide bonds. The van der Waals surface area contributed by atoms with Gasteiger partial charge in [0.05, 0.1) is 5.84 Å². The fraction of sp³-hybridized carbons (Fsp3) is 0.667. The van der Waals surface area contributed by atoms with E-state index >= 15 is 0 Å². The minimum atomic E-state index is -4.44. The maximum atomic E-state index is 12.4. The summed E-state index contributed by atoms with van der Waals surface area (Å²) in [6, 6.07) is 0. The minimum absolute atomic E-state index is 0.0243. The first-order valence-electron chi connectivity index (χ1n) is 5.37. The first-order valence-corrected chi connectivity index (χ1v) is 6.19. The van der Waals surface area contributed by atoms with Gasteiger partial charge in [0.2, 0.25) is 10.1 Å². The molecule has 0 saturated carbocycles. The number of halogens is 3. The highest BCUT2D eigenvalue weighted by Gasteiger charge is 2.36. The minimum Gasteiger partial charge on any atom is -0.387 e. The van der Waals surface area contributed by atoms with Crippen LogP contribution in [0.1, 0.15) is 17.8 Å². The molecular formula is C9H12F3N5S. The van der Waals surface area contributed by atoms with Gasteiger partial charge in [0, 0.05) is 19.0 Å². The van der Waals surface area contributed by atoms with Gasteiger partial charge in [-0.15, -0.1) is 10.2 Å². The smallest absolute Gasteiger partial charge is 0.387 e. The maximum Gasteiger partial charge on any atom is 0.445 e. The van der Waals surface area contributed by atoms with E-state index in [1.807, 2.05) is 0 Å². The quantitative estimate of drug-likeness (QED) is 0.638. The highest BCUT2D eigenvalue weighted by Crippen LogP contribution is 2.35. The average molecular weight is 279 g/mol. The molecule has 1 aliphatic heterocycles. The van der Waals surface area contributed by atoms with Crippen LogP contribution < -0.4 is 10.6 Å². The van der Waals surface area contributed by atoms with Gasteiger partial charge in [-0.3, -0.25) is 5.41 Å². The third-order valence-electron chi connectivity index (χ3n) is 2.86. The molecule has 0 aliphatic carbocycles. The number of nitrogens with two attached hydrogens (primary N) is 1. The lowest BCUT2D eigenvalue weighted by molar-refractivity contribution is -0.138. The van der Waals surface area contributed by atoms with Crippen LogP contribution in [0.3, 0.4) is 0 Å². The fourth-order valence-electron chi connectivity index (χ4n) is 1.84. The van der Waals surface area contributed by atoms with Crippen molar-refractivity contribution in [3.8, 4) is 0 Å². The van der Waals surface area contributed by atoms with Crippen LogP contribution in [0.25, 0.3) is 0 Å². The first kappa shape index (κ1) is 13.1. The normalized spacial score (nSPS) is 18.1. The van der Waals surface area contributed by atoms with Gasteiger partial charge in [0.15, 0.2) is 0 Å². The standard InChI is InChI=1S/C9H12F3N5S/c10-9(11,12)7-15-16-8(18-7)17-3-1-5(2-4-17)6(13)14/h5H,1-4H2,(H3,13,14). The van der Waals surface area contributed by atoms with Crippen molar-refractivity contribution < 1.29 is 13.2 Å². The zero-order valence-corrected chi connectivity index (χ0v) is 10.2. The Morgan fingerprint density at radius 3 is 2.39 bits per heavy atom. The predicted molar refractivity (Wildman–Crippen MR) is 61.8 cm³/mol. The largest absolute Gasteiger partial charge is 0.445 e. The molecule has 18 heavy (non-hydrogen) atoms. The molecule has 100 valence electrons. The van der Waals surface area contributed by atoms with Crippen molar-refractivity contribution in [1.82, 2.24) is 10.2 Å². The number of piperidine rings is 1. The summed E-state index contributed by atoms with van der Waals surface area (Å²) in [6.45, 7) is 1.10. The summed E-state index contributed by atoms with van der Waals surface area (Å²) in [4.78, 5) is 1.76. The van der Waals surface area contributed by atoms with E-state index in [4.69, 9.17) is 11.1 Å². The van der Waals surface area contributed by atoms with Gasteiger partial charge in [-0.25, -0.2) is 0 Å². The van der Waals surface area contributed by atoms with Crippen LogP contribution >= 0.6 is 11.3 Å². The number of alkyl halides is 3. The number of aromatic nitrogens is 2. The molecule has 1 fully saturated rings. The molecule has 1 aliphatic rings. The Morgan fingerprint density at radius 1 is 1.33 bits per heavy atom. The van der Waals surface area contributed by atoms with Gasteiger partial charge in [-0.05, 0) is 12.8 Å². The Bertz CT molecular complexity index is 436. The number of amidine groups is 1. The number of hydrogen-bond acceptors (Lipinski definition) is 5. The molecule has 1 saturated heterocycles. The third-order valence-corrected chi connectivity index (χ3v) is 3.89. The lowest BCUT2D eigenvalue weighted by Crippen LogP contribution is -2.38. The molecular weight excluding hydrogens is 267 g/mol. The molecule has 0 bridgehead atoms. The third kappa shape index (κ3) is 2.71. The summed E-state index contributed by atoms with van der Waals surface area (Å²) in [5.74, 6) is 0.166. The Kier molecular flexibility index (Phi) is 3.42. The first-order chi connectivity index (χ1) is 8.38. The van der Waals surface area contributed by atoms with Gasteiger partial charge in [0.25, 0.3) is 0 Å². The summed E-state index contributed by atoms with van der Waals surface area (Å²) in [7, 11) is 0. The average Bonchev–Trinajstić information content (AvgIpc) is 2.78. The van der Waals surface area contributed by atoms with Crippen molar-refractivity contribution in [3.05, 3.63) is 5.01 Å². The topological polar surface area (TPSA) is 78.9 Å². The van der Waals surface area contributed by atoms with Crippen LogP contribution in [0.2, 0.25) is 0 Å². The lowest BCUT2D eigenvalue weighted by atomic mass is 9.96. The Hall–Kier alpha value is -1.38. The van der Waals surface area contributed by atoms with Crippen molar-refractivity contribution in [2.45, 2.75) is 19.0 Å². The number of nitrogens with one attached hydrogen (secondary N) is 1. The molecule has 0 radical (unpaired) electrons. The van der Waals surface area contributed by atoms with E-state index in [-0.39, 0.29) is 16.9 Å². The van der Waals surface area contributed by atoms with Gasteiger partial charge >= 0.3 is 6.18 Å². The van der Waals surface area contributed by atoms with Crippen LogP contribution in [0, 0.1) is 11.3 Å². The van der Waals surface area contributed by atoms with Gasteiger partial charge < -0.3 is 10.6 Å². The zero-order chi connectivity index (χ0) is 13.3. The van der Waals surface area contributed by atoms with E-state index < -0.39 is 11.2 Å². The van der Waals surface area contributed by atoms with E-state index in [1.54, 1.807) is 4.90 Å². The summed E-state index contributed by atoms with van der Waals surface area (Å²) in [5.41, 5.74) is 5.40. The second-order valence-corrected chi connectivity index (χ2v) is 5.06. The molecule has 0 unspecified atom stereocenters. The van der Waals surface area contributed by atoms with Crippen molar-refractivity contribution in [2.24, 2.45) is 11.7 Å². The van der Waals surface area contributed by atoms with Crippen molar-refractivity contribution >= 4 is 22.3 Å². The predicted octanol–water partition coefficient (Wildman–Crippen LogP) is 1.71. The molecule has 5 nitrogen and oxygen atoms in total. The monoisotopic (exact) mass is 279 g/mol. The highest BCUT2D eigenvalue weighted by atomic mass is 32.1. The number of rotatable bonds is 2. The van der Waals surface area contributed by atoms with Gasteiger partial charge in [-0.2, -0.15) is 13.2 Å². The molecule has 1 aromatic heterocycles. The molecule has 0 spiro atoms. The van der Waals surface area contributed by atoms with E-state index in [2.05, 4.69) is 10.2 Å².